The summed E-state index contributed by atoms with van der Waals surface area (Å²) in [6.07, 6.45) is 0.201. The number of rotatable bonds is 1. The normalized spacial score (nSPS) is 25.9. The summed E-state index contributed by atoms with van der Waals surface area (Å²) < 4.78 is 6.79. The number of likely N-dealkylation sites (N-methyl/N-ethyl adjacent to an activating group) is 1. The van der Waals surface area contributed by atoms with Crippen molar-refractivity contribution in [1.82, 2.24) is 5.32 Å². The minimum Gasteiger partial charge on any atom is -0.372 e. The van der Waals surface area contributed by atoms with Crippen molar-refractivity contribution in [3.63, 3.8) is 0 Å². The predicted molar refractivity (Wildman–Crippen MR) is 60.3 cm³/mol. The molecule has 1 heterocycles. The molecule has 1 aliphatic heterocycles. The molecule has 76 valence electrons. The van der Waals surface area contributed by atoms with Gasteiger partial charge >= 0.3 is 0 Å². The van der Waals surface area contributed by atoms with Crippen molar-refractivity contribution in [2.75, 3.05) is 13.7 Å². The maximum Gasteiger partial charge on any atom is 0.0801 e. The molecule has 2 unspecified atom stereocenters. The van der Waals surface area contributed by atoms with Crippen LogP contribution in [0.3, 0.4) is 0 Å². The second-order valence-corrected chi connectivity index (χ2v) is 4.51. The number of nitrogens with one attached hydrogen (secondary N) is 1. The van der Waals surface area contributed by atoms with Gasteiger partial charge in [0.15, 0.2) is 0 Å². The van der Waals surface area contributed by atoms with Crippen LogP contribution in [0.5, 0.6) is 0 Å². The van der Waals surface area contributed by atoms with Crippen molar-refractivity contribution >= 4 is 15.9 Å². The van der Waals surface area contributed by atoms with Gasteiger partial charge in [-0.05, 0) is 37.2 Å². The number of hydrogen-bond donors (Lipinski definition) is 1. The first kappa shape index (κ1) is 10.1. The van der Waals surface area contributed by atoms with E-state index in [1.807, 2.05) is 7.05 Å². The van der Waals surface area contributed by atoms with Crippen LogP contribution in [0.4, 0.5) is 0 Å². The molecular formula is C11H14BrNO. The first-order valence-corrected chi connectivity index (χ1v) is 5.60. The third kappa shape index (κ3) is 1.72. The number of fused-ring (bicyclic) bond motifs is 1. The third-order valence-corrected chi connectivity index (χ3v) is 3.22. The topological polar surface area (TPSA) is 21.3 Å². The summed E-state index contributed by atoms with van der Waals surface area (Å²) in [5.74, 6) is 0. The van der Waals surface area contributed by atoms with E-state index in [9.17, 15) is 0 Å². The number of halogens is 1. The van der Waals surface area contributed by atoms with Crippen LogP contribution in [0, 0.1) is 0 Å². The fourth-order valence-electron chi connectivity index (χ4n) is 1.87. The molecule has 2 nitrogen and oxygen atoms in total. The zero-order chi connectivity index (χ0) is 10.1. The molecule has 0 aliphatic carbocycles. The molecule has 14 heavy (non-hydrogen) atoms. The molecule has 2 atom stereocenters. The lowest BCUT2D eigenvalue weighted by Crippen LogP contribution is -2.28. The van der Waals surface area contributed by atoms with Crippen LogP contribution in [-0.2, 0) is 4.74 Å². The van der Waals surface area contributed by atoms with Gasteiger partial charge in [0.2, 0.25) is 0 Å². The van der Waals surface area contributed by atoms with Crippen molar-refractivity contribution in [2.24, 2.45) is 0 Å². The summed E-state index contributed by atoms with van der Waals surface area (Å²) in [5, 5.41) is 3.26. The van der Waals surface area contributed by atoms with E-state index in [2.05, 4.69) is 46.4 Å². The lowest BCUT2D eigenvalue weighted by molar-refractivity contribution is 0.0346. The zero-order valence-electron chi connectivity index (χ0n) is 8.38. The summed E-state index contributed by atoms with van der Waals surface area (Å²) in [6, 6.07) is 6.72. The largest absolute Gasteiger partial charge is 0.372 e. The van der Waals surface area contributed by atoms with Crippen molar-refractivity contribution < 1.29 is 4.74 Å². The van der Waals surface area contributed by atoms with Crippen molar-refractivity contribution in [3.05, 3.63) is 33.8 Å². The Morgan fingerprint density at radius 2 is 2.21 bits per heavy atom. The Balaban J connectivity index is 2.45. The molecule has 1 aliphatic rings. The van der Waals surface area contributed by atoms with Gasteiger partial charge in [-0.1, -0.05) is 22.0 Å². The molecule has 1 aromatic rings. The Morgan fingerprint density at radius 1 is 1.43 bits per heavy atom. The predicted octanol–water partition coefficient (Wildman–Crippen LogP) is 2.80. The van der Waals surface area contributed by atoms with E-state index in [1.54, 1.807) is 0 Å². The van der Waals surface area contributed by atoms with E-state index in [4.69, 9.17) is 4.74 Å². The Morgan fingerprint density at radius 3 is 2.93 bits per heavy atom. The van der Waals surface area contributed by atoms with Crippen LogP contribution in [0.15, 0.2) is 22.7 Å². The van der Waals surface area contributed by atoms with Crippen LogP contribution in [0.2, 0.25) is 0 Å². The monoisotopic (exact) mass is 255 g/mol. The Bertz CT molecular complexity index is 340. The van der Waals surface area contributed by atoms with E-state index in [1.165, 1.54) is 11.1 Å². The second kappa shape index (κ2) is 4.01. The SMILES string of the molecule is CNC1COC(C)c2cc(Br)ccc21. The molecular weight excluding hydrogens is 242 g/mol. The van der Waals surface area contributed by atoms with Crippen LogP contribution in [0.1, 0.15) is 30.2 Å². The molecule has 2 rings (SSSR count). The van der Waals surface area contributed by atoms with Crippen LogP contribution in [0.25, 0.3) is 0 Å². The second-order valence-electron chi connectivity index (χ2n) is 3.59. The van der Waals surface area contributed by atoms with Gasteiger partial charge in [0, 0.05) is 4.47 Å². The van der Waals surface area contributed by atoms with Gasteiger partial charge in [-0.25, -0.2) is 0 Å². The lowest BCUT2D eigenvalue weighted by atomic mass is 9.95. The lowest BCUT2D eigenvalue weighted by Gasteiger charge is -2.30. The maximum absolute atomic E-state index is 5.68. The fourth-order valence-corrected chi connectivity index (χ4v) is 2.25. The quantitative estimate of drug-likeness (QED) is 0.834. The van der Waals surface area contributed by atoms with Gasteiger partial charge in [0.05, 0.1) is 18.8 Å². The Hall–Kier alpha value is -0.380. The van der Waals surface area contributed by atoms with Gasteiger partial charge in [-0.3, -0.25) is 0 Å². The number of benzene rings is 1. The summed E-state index contributed by atoms with van der Waals surface area (Å²) in [4.78, 5) is 0. The summed E-state index contributed by atoms with van der Waals surface area (Å²) in [6.45, 7) is 2.85. The maximum atomic E-state index is 5.68. The molecule has 0 saturated carbocycles. The van der Waals surface area contributed by atoms with Gasteiger partial charge in [0.1, 0.15) is 0 Å². The average Bonchev–Trinajstić information content (AvgIpc) is 2.19. The van der Waals surface area contributed by atoms with Crippen molar-refractivity contribution in [2.45, 2.75) is 19.1 Å². The molecule has 0 amide bonds. The highest BCUT2D eigenvalue weighted by molar-refractivity contribution is 9.10. The molecule has 0 bridgehead atoms. The molecule has 0 spiro atoms. The molecule has 0 radical (unpaired) electrons. The van der Waals surface area contributed by atoms with Crippen LogP contribution >= 0.6 is 15.9 Å². The Kier molecular flexibility index (Phi) is 2.91. The highest BCUT2D eigenvalue weighted by Gasteiger charge is 2.23. The number of ether oxygens (including phenoxy) is 1. The molecule has 3 heteroatoms. The van der Waals surface area contributed by atoms with Gasteiger partial charge in [-0.2, -0.15) is 0 Å². The first-order valence-electron chi connectivity index (χ1n) is 4.80. The summed E-state index contributed by atoms with van der Waals surface area (Å²) in [7, 11) is 1.97. The van der Waals surface area contributed by atoms with E-state index in [0.29, 0.717) is 6.04 Å². The molecule has 0 saturated heterocycles. The van der Waals surface area contributed by atoms with Gasteiger partial charge in [0.25, 0.3) is 0 Å². The highest BCUT2D eigenvalue weighted by Crippen LogP contribution is 2.33. The molecule has 0 aromatic heterocycles. The van der Waals surface area contributed by atoms with E-state index < -0.39 is 0 Å². The standard InChI is InChI=1S/C11H14BrNO/c1-7-10-5-8(12)3-4-9(10)11(13-2)6-14-7/h3-5,7,11,13H,6H2,1-2H3. The minimum absolute atomic E-state index is 0.201. The van der Waals surface area contributed by atoms with Crippen molar-refractivity contribution in [3.8, 4) is 0 Å². The number of hydrogen-bond acceptors (Lipinski definition) is 2. The van der Waals surface area contributed by atoms with Crippen LogP contribution in [-0.4, -0.2) is 13.7 Å². The van der Waals surface area contributed by atoms with E-state index >= 15 is 0 Å². The van der Waals surface area contributed by atoms with Gasteiger partial charge in [-0.15, -0.1) is 0 Å². The summed E-state index contributed by atoms with van der Waals surface area (Å²) >= 11 is 3.48. The van der Waals surface area contributed by atoms with Crippen LogP contribution < -0.4 is 5.32 Å². The fraction of sp³-hybridized carbons (Fsp3) is 0.455. The third-order valence-electron chi connectivity index (χ3n) is 2.72. The minimum atomic E-state index is 0.201. The summed E-state index contributed by atoms with van der Waals surface area (Å²) in [5.41, 5.74) is 2.64. The van der Waals surface area contributed by atoms with Gasteiger partial charge < -0.3 is 10.1 Å². The van der Waals surface area contributed by atoms with E-state index in [-0.39, 0.29) is 6.10 Å². The van der Waals surface area contributed by atoms with Crippen molar-refractivity contribution in [1.29, 1.82) is 0 Å². The Labute approximate surface area is 92.8 Å². The zero-order valence-corrected chi connectivity index (χ0v) is 9.97. The average molecular weight is 256 g/mol. The molecule has 0 fully saturated rings. The molecule has 1 N–H and O–H groups in total. The smallest absolute Gasteiger partial charge is 0.0801 e. The first-order chi connectivity index (χ1) is 6.72. The molecule has 1 aromatic carbocycles. The van der Waals surface area contributed by atoms with E-state index in [0.717, 1.165) is 11.1 Å². The highest BCUT2D eigenvalue weighted by atomic mass is 79.9.